The highest BCUT2D eigenvalue weighted by molar-refractivity contribution is 7.98. The number of thioether (sulfide) groups is 1. The molecule has 1 aromatic heterocycles. The summed E-state index contributed by atoms with van der Waals surface area (Å²) in [5, 5.41) is 2.83. The molecule has 0 aliphatic carbocycles. The predicted octanol–water partition coefficient (Wildman–Crippen LogP) is 2.83. The first-order valence-corrected chi connectivity index (χ1v) is 9.78. The number of rotatable bonds is 9. The third-order valence-electron chi connectivity index (χ3n) is 3.97. The molecule has 1 fully saturated rings. The lowest BCUT2D eigenvalue weighted by Crippen LogP contribution is -2.30. The van der Waals surface area contributed by atoms with Crippen molar-refractivity contribution in [2.45, 2.75) is 18.6 Å². The van der Waals surface area contributed by atoms with E-state index in [2.05, 4.69) is 5.32 Å². The lowest BCUT2D eigenvalue weighted by molar-refractivity contribution is -0.123. The number of carbonyl (C=O) groups is 2. The van der Waals surface area contributed by atoms with Crippen LogP contribution in [0.1, 0.15) is 18.6 Å². The fraction of sp³-hybridized carbons (Fsp3) is 0.368. The van der Waals surface area contributed by atoms with Gasteiger partial charge in [0.05, 0.1) is 12.0 Å². The van der Waals surface area contributed by atoms with Crippen LogP contribution in [0.5, 0.6) is 5.75 Å². The third kappa shape index (κ3) is 5.29. The van der Waals surface area contributed by atoms with Crippen LogP contribution < -0.4 is 15.0 Å². The second-order valence-electron chi connectivity index (χ2n) is 5.92. The minimum absolute atomic E-state index is 0.0414. The van der Waals surface area contributed by atoms with E-state index in [0.29, 0.717) is 18.7 Å². The van der Waals surface area contributed by atoms with Crippen molar-refractivity contribution >= 4 is 29.3 Å². The van der Waals surface area contributed by atoms with E-state index in [1.54, 1.807) is 35.1 Å². The second kappa shape index (κ2) is 9.33. The van der Waals surface area contributed by atoms with Crippen molar-refractivity contribution in [3.63, 3.8) is 0 Å². The number of ether oxygens (including phenoxy) is 1. The molecule has 138 valence electrons. The number of furan rings is 1. The van der Waals surface area contributed by atoms with Gasteiger partial charge in [-0.05, 0) is 30.7 Å². The summed E-state index contributed by atoms with van der Waals surface area (Å²) in [6.45, 7) is 1.27. The number of nitrogens with one attached hydrogen (secondary N) is 1. The maximum atomic E-state index is 11.9. The lowest BCUT2D eigenvalue weighted by atomic mass is 10.3. The highest BCUT2D eigenvalue weighted by Gasteiger charge is 2.21. The van der Waals surface area contributed by atoms with Gasteiger partial charge in [-0.3, -0.25) is 9.59 Å². The molecule has 2 heterocycles. The van der Waals surface area contributed by atoms with Gasteiger partial charge in [0.1, 0.15) is 11.5 Å². The molecule has 0 unspecified atom stereocenters. The fourth-order valence-corrected chi connectivity index (χ4v) is 3.45. The van der Waals surface area contributed by atoms with Gasteiger partial charge < -0.3 is 19.4 Å². The molecular weight excluding hydrogens is 352 g/mol. The smallest absolute Gasteiger partial charge is 0.257 e. The number of amides is 2. The van der Waals surface area contributed by atoms with Crippen LogP contribution in [0.2, 0.25) is 0 Å². The van der Waals surface area contributed by atoms with Gasteiger partial charge in [0.2, 0.25) is 5.91 Å². The first-order valence-electron chi connectivity index (χ1n) is 8.62. The molecule has 26 heavy (non-hydrogen) atoms. The van der Waals surface area contributed by atoms with Crippen LogP contribution in [-0.2, 0) is 15.3 Å². The SMILES string of the molecule is O=C(COc1cccc(N2CCCC2=O)c1)NCCSCc1ccco1. The number of carbonyl (C=O) groups excluding carboxylic acids is 2. The molecule has 1 aromatic carbocycles. The van der Waals surface area contributed by atoms with Crippen LogP contribution in [0.3, 0.4) is 0 Å². The normalized spacial score (nSPS) is 13.8. The topological polar surface area (TPSA) is 71.8 Å². The summed E-state index contributed by atoms with van der Waals surface area (Å²) in [6, 6.07) is 11.1. The molecule has 2 aromatic rings. The zero-order valence-electron chi connectivity index (χ0n) is 14.5. The lowest BCUT2D eigenvalue weighted by Gasteiger charge is -2.16. The number of benzene rings is 1. The van der Waals surface area contributed by atoms with Crippen LogP contribution in [-0.4, -0.2) is 37.3 Å². The monoisotopic (exact) mass is 374 g/mol. The molecule has 6 nitrogen and oxygen atoms in total. The Balaban J connectivity index is 1.35. The Morgan fingerprint density at radius 3 is 3.00 bits per heavy atom. The van der Waals surface area contributed by atoms with Crippen molar-refractivity contribution in [3.05, 3.63) is 48.4 Å². The molecule has 1 saturated heterocycles. The van der Waals surface area contributed by atoms with Crippen LogP contribution in [0.4, 0.5) is 5.69 Å². The van der Waals surface area contributed by atoms with E-state index in [1.165, 1.54) is 0 Å². The maximum Gasteiger partial charge on any atom is 0.257 e. The van der Waals surface area contributed by atoms with Crippen molar-refractivity contribution in [2.75, 3.05) is 30.3 Å². The fourth-order valence-electron chi connectivity index (χ4n) is 2.69. The molecule has 0 spiro atoms. The minimum atomic E-state index is -0.161. The average molecular weight is 374 g/mol. The number of anilines is 1. The molecule has 0 atom stereocenters. The van der Waals surface area contributed by atoms with Crippen molar-refractivity contribution in [1.29, 1.82) is 0 Å². The van der Waals surface area contributed by atoms with Gasteiger partial charge in [-0.25, -0.2) is 0 Å². The predicted molar refractivity (Wildman–Crippen MR) is 101 cm³/mol. The Labute approximate surface area is 156 Å². The summed E-state index contributed by atoms with van der Waals surface area (Å²) >= 11 is 1.70. The van der Waals surface area contributed by atoms with Gasteiger partial charge >= 0.3 is 0 Å². The summed E-state index contributed by atoms with van der Waals surface area (Å²) in [7, 11) is 0. The van der Waals surface area contributed by atoms with Crippen LogP contribution >= 0.6 is 11.8 Å². The van der Waals surface area contributed by atoms with Crippen molar-refractivity contribution in [2.24, 2.45) is 0 Å². The Hall–Kier alpha value is -2.41. The molecule has 1 aliphatic heterocycles. The standard InChI is InChI=1S/C19H22N2O4S/c22-18(20-8-11-26-14-17-6-3-10-24-17)13-25-16-5-1-4-15(12-16)21-9-2-7-19(21)23/h1,3-6,10,12H,2,7-9,11,13-14H2,(H,20,22). The summed E-state index contributed by atoms with van der Waals surface area (Å²) in [5.41, 5.74) is 0.819. The summed E-state index contributed by atoms with van der Waals surface area (Å²) in [5.74, 6) is 3.09. The minimum Gasteiger partial charge on any atom is -0.484 e. The summed E-state index contributed by atoms with van der Waals surface area (Å²) in [4.78, 5) is 25.4. The molecule has 3 rings (SSSR count). The third-order valence-corrected chi connectivity index (χ3v) is 4.95. The van der Waals surface area contributed by atoms with Crippen LogP contribution in [0, 0.1) is 0 Å². The Morgan fingerprint density at radius 2 is 2.23 bits per heavy atom. The number of hydrogen-bond donors (Lipinski definition) is 1. The average Bonchev–Trinajstić information content (AvgIpc) is 3.31. The van der Waals surface area contributed by atoms with Crippen molar-refractivity contribution < 1.29 is 18.7 Å². The van der Waals surface area contributed by atoms with E-state index in [-0.39, 0.29) is 18.4 Å². The van der Waals surface area contributed by atoms with E-state index in [9.17, 15) is 9.59 Å². The molecule has 1 aliphatic rings. The molecule has 0 radical (unpaired) electrons. The quantitative estimate of drug-likeness (QED) is 0.684. The first-order chi connectivity index (χ1) is 12.7. The van der Waals surface area contributed by atoms with Gasteiger partial charge in [-0.1, -0.05) is 6.07 Å². The zero-order valence-corrected chi connectivity index (χ0v) is 15.3. The second-order valence-corrected chi connectivity index (χ2v) is 7.02. The van der Waals surface area contributed by atoms with Gasteiger partial charge in [-0.2, -0.15) is 11.8 Å². The highest BCUT2D eigenvalue weighted by Crippen LogP contribution is 2.25. The number of nitrogens with zero attached hydrogens (tertiary/aromatic N) is 1. The molecule has 0 bridgehead atoms. The summed E-state index contributed by atoms with van der Waals surface area (Å²) in [6.07, 6.45) is 3.12. The van der Waals surface area contributed by atoms with E-state index in [4.69, 9.17) is 9.15 Å². The van der Waals surface area contributed by atoms with Gasteiger partial charge in [0.15, 0.2) is 6.61 Å². The van der Waals surface area contributed by atoms with Gasteiger partial charge in [0.25, 0.3) is 5.91 Å². The number of hydrogen-bond acceptors (Lipinski definition) is 5. The molecular formula is C19H22N2O4S. The Kier molecular flexibility index (Phi) is 6.60. The molecule has 7 heteroatoms. The molecule has 2 amide bonds. The Morgan fingerprint density at radius 1 is 1.31 bits per heavy atom. The highest BCUT2D eigenvalue weighted by atomic mass is 32.2. The van der Waals surface area contributed by atoms with Crippen LogP contribution in [0.25, 0.3) is 0 Å². The van der Waals surface area contributed by atoms with Crippen molar-refractivity contribution in [1.82, 2.24) is 5.32 Å². The summed E-state index contributed by atoms with van der Waals surface area (Å²) < 4.78 is 10.8. The zero-order chi connectivity index (χ0) is 18.2. The van der Waals surface area contributed by atoms with E-state index in [1.807, 2.05) is 24.3 Å². The molecule has 1 N–H and O–H groups in total. The van der Waals surface area contributed by atoms with Gasteiger partial charge in [0, 0.05) is 37.0 Å². The largest absolute Gasteiger partial charge is 0.484 e. The Bertz CT molecular complexity index is 733. The maximum absolute atomic E-state index is 11.9. The van der Waals surface area contributed by atoms with Crippen molar-refractivity contribution in [3.8, 4) is 5.75 Å². The van der Waals surface area contributed by atoms with E-state index in [0.717, 1.165) is 35.9 Å². The van der Waals surface area contributed by atoms with E-state index < -0.39 is 0 Å². The first kappa shape index (κ1) is 18.4. The van der Waals surface area contributed by atoms with Crippen LogP contribution in [0.15, 0.2) is 47.1 Å². The van der Waals surface area contributed by atoms with E-state index >= 15 is 0 Å². The van der Waals surface area contributed by atoms with Gasteiger partial charge in [-0.15, -0.1) is 0 Å². The molecule has 0 saturated carbocycles.